The average Bonchev–Trinajstić information content (AvgIpc) is 3.13. The number of nitrogens with one attached hydrogen (secondary N) is 1. The van der Waals surface area contributed by atoms with Crippen molar-refractivity contribution in [2.24, 2.45) is 0 Å². The highest BCUT2D eigenvalue weighted by molar-refractivity contribution is 7.89. The summed E-state index contributed by atoms with van der Waals surface area (Å²) in [6, 6.07) is 10.3. The molecule has 23 heavy (non-hydrogen) atoms. The van der Waals surface area contributed by atoms with Gasteiger partial charge < -0.3 is 0 Å². The molecule has 0 spiro atoms. The van der Waals surface area contributed by atoms with Gasteiger partial charge in [0.05, 0.1) is 11.7 Å². The summed E-state index contributed by atoms with van der Waals surface area (Å²) in [5.74, 6) is 0. The Hall–Kier alpha value is -1.54. The second-order valence-electron chi connectivity index (χ2n) is 5.44. The van der Waals surface area contributed by atoms with Gasteiger partial charge in [-0.25, -0.2) is 13.1 Å². The fourth-order valence-corrected chi connectivity index (χ4v) is 5.17. The summed E-state index contributed by atoms with van der Waals surface area (Å²) >= 11 is 7.01. The predicted octanol–water partition coefficient (Wildman–Crippen LogP) is 3.31. The molecule has 0 saturated heterocycles. The van der Waals surface area contributed by atoms with Gasteiger partial charge in [-0.2, -0.15) is 8.75 Å². The lowest BCUT2D eigenvalue weighted by atomic mass is 10.1. The zero-order valence-electron chi connectivity index (χ0n) is 11.9. The molecule has 3 aromatic rings. The number of halogens is 1. The number of hydrogen-bond donors (Lipinski definition) is 1. The zero-order chi connectivity index (χ0) is 16.0. The normalized spacial score (nSPS) is 17.5. The van der Waals surface area contributed by atoms with E-state index in [1.54, 1.807) is 24.3 Å². The zero-order valence-corrected chi connectivity index (χ0v) is 14.2. The molecule has 0 radical (unpaired) electrons. The highest BCUT2D eigenvalue weighted by Crippen LogP contribution is 2.34. The van der Waals surface area contributed by atoms with Crippen LogP contribution in [-0.2, 0) is 16.4 Å². The van der Waals surface area contributed by atoms with Crippen LogP contribution in [0.5, 0.6) is 0 Å². The summed E-state index contributed by atoms with van der Waals surface area (Å²) in [5.41, 5.74) is 3.09. The van der Waals surface area contributed by atoms with E-state index in [1.807, 2.05) is 12.1 Å². The Kier molecular flexibility index (Phi) is 3.60. The molecule has 8 heteroatoms. The monoisotopic (exact) mass is 365 g/mol. The van der Waals surface area contributed by atoms with Gasteiger partial charge in [0.25, 0.3) is 0 Å². The van der Waals surface area contributed by atoms with Crippen molar-refractivity contribution in [1.82, 2.24) is 13.5 Å². The van der Waals surface area contributed by atoms with Crippen LogP contribution < -0.4 is 4.72 Å². The maximum absolute atomic E-state index is 12.8. The van der Waals surface area contributed by atoms with Crippen LogP contribution in [0.1, 0.15) is 23.6 Å². The van der Waals surface area contributed by atoms with E-state index in [0.29, 0.717) is 16.1 Å². The molecule has 0 bridgehead atoms. The second kappa shape index (κ2) is 5.52. The van der Waals surface area contributed by atoms with Crippen LogP contribution in [0.15, 0.2) is 41.3 Å². The van der Waals surface area contributed by atoms with Gasteiger partial charge in [0, 0.05) is 11.1 Å². The fraction of sp³-hybridized carbons (Fsp3) is 0.200. The van der Waals surface area contributed by atoms with E-state index in [9.17, 15) is 8.42 Å². The highest BCUT2D eigenvalue weighted by Gasteiger charge is 2.29. The lowest BCUT2D eigenvalue weighted by Crippen LogP contribution is -2.27. The molecule has 1 aliphatic carbocycles. The predicted molar refractivity (Wildman–Crippen MR) is 90.3 cm³/mol. The third-order valence-corrected chi connectivity index (χ3v) is 6.30. The molecule has 1 aromatic heterocycles. The first kappa shape index (κ1) is 15.0. The third-order valence-electron chi connectivity index (χ3n) is 4.02. The number of aromatic nitrogens is 2. The lowest BCUT2D eigenvalue weighted by molar-refractivity contribution is 0.555. The Morgan fingerprint density at radius 3 is 2.96 bits per heavy atom. The third kappa shape index (κ3) is 2.63. The van der Waals surface area contributed by atoms with Gasteiger partial charge in [0.2, 0.25) is 10.0 Å². The minimum Gasteiger partial charge on any atom is -0.207 e. The molecule has 0 aliphatic heterocycles. The van der Waals surface area contributed by atoms with Crippen LogP contribution in [0.2, 0.25) is 5.02 Å². The topological polar surface area (TPSA) is 72.0 Å². The van der Waals surface area contributed by atoms with Crippen molar-refractivity contribution >= 4 is 44.4 Å². The molecule has 1 unspecified atom stereocenters. The van der Waals surface area contributed by atoms with Crippen molar-refractivity contribution < 1.29 is 8.42 Å². The molecular weight excluding hydrogens is 354 g/mol. The van der Waals surface area contributed by atoms with E-state index in [4.69, 9.17) is 11.6 Å². The van der Waals surface area contributed by atoms with Crippen molar-refractivity contribution in [2.75, 3.05) is 0 Å². The SMILES string of the molecule is O=S(=O)(NC1CCc2cc(Cl)ccc21)c1cccc2nsnc12. The standard InChI is InChI=1S/C15H12ClN3O2S2/c16-10-5-6-11-9(8-10)4-7-12(11)19-23(20,21)14-3-1-2-13-15(14)18-22-17-13/h1-3,5-6,8,12,19H,4,7H2. The van der Waals surface area contributed by atoms with Gasteiger partial charge in [-0.1, -0.05) is 23.7 Å². The second-order valence-corrected chi connectivity index (χ2v) is 8.09. The van der Waals surface area contributed by atoms with Crippen LogP contribution in [0.3, 0.4) is 0 Å². The summed E-state index contributed by atoms with van der Waals surface area (Å²) in [6.45, 7) is 0. The first-order valence-corrected chi connectivity index (χ1v) is 9.66. The molecule has 4 rings (SSSR count). The number of benzene rings is 2. The summed E-state index contributed by atoms with van der Waals surface area (Å²) in [5, 5.41) is 0.672. The quantitative estimate of drug-likeness (QED) is 0.772. The first-order valence-electron chi connectivity index (χ1n) is 7.06. The number of fused-ring (bicyclic) bond motifs is 2. The number of hydrogen-bond acceptors (Lipinski definition) is 5. The van der Waals surface area contributed by atoms with Crippen LogP contribution in [0.25, 0.3) is 11.0 Å². The molecule has 0 saturated carbocycles. The first-order chi connectivity index (χ1) is 11.0. The van der Waals surface area contributed by atoms with E-state index < -0.39 is 10.0 Å². The van der Waals surface area contributed by atoms with Crippen molar-refractivity contribution in [1.29, 1.82) is 0 Å². The molecule has 1 N–H and O–H groups in total. The Labute approximate surface area is 142 Å². The largest absolute Gasteiger partial charge is 0.243 e. The Morgan fingerprint density at radius 2 is 2.09 bits per heavy atom. The van der Waals surface area contributed by atoms with E-state index in [1.165, 1.54) is 0 Å². The van der Waals surface area contributed by atoms with Gasteiger partial charge in [0.15, 0.2) is 0 Å². The van der Waals surface area contributed by atoms with E-state index in [2.05, 4.69) is 13.5 Å². The molecule has 5 nitrogen and oxygen atoms in total. The number of rotatable bonds is 3. The molecule has 2 aromatic carbocycles. The van der Waals surface area contributed by atoms with Gasteiger partial charge in [-0.15, -0.1) is 0 Å². The van der Waals surface area contributed by atoms with Gasteiger partial charge >= 0.3 is 0 Å². The Balaban J connectivity index is 1.71. The average molecular weight is 366 g/mol. The molecule has 1 heterocycles. The summed E-state index contributed by atoms with van der Waals surface area (Å²) < 4.78 is 36.6. The van der Waals surface area contributed by atoms with Gasteiger partial charge in [0.1, 0.15) is 15.9 Å². The summed E-state index contributed by atoms with van der Waals surface area (Å²) in [7, 11) is -3.67. The van der Waals surface area contributed by atoms with Crippen LogP contribution >= 0.6 is 23.3 Å². The van der Waals surface area contributed by atoms with Gasteiger partial charge in [-0.3, -0.25) is 0 Å². The molecule has 0 amide bonds. The summed E-state index contributed by atoms with van der Waals surface area (Å²) in [6.07, 6.45) is 1.53. The molecule has 118 valence electrons. The smallest absolute Gasteiger partial charge is 0.207 e. The number of nitrogens with zero attached hydrogens (tertiary/aromatic N) is 2. The highest BCUT2D eigenvalue weighted by atomic mass is 35.5. The van der Waals surface area contributed by atoms with Crippen LogP contribution in [0, 0.1) is 0 Å². The minimum absolute atomic E-state index is 0.172. The maximum Gasteiger partial charge on any atom is 0.243 e. The molecular formula is C15H12ClN3O2S2. The Morgan fingerprint density at radius 1 is 1.22 bits per heavy atom. The minimum atomic E-state index is -3.67. The summed E-state index contributed by atoms with van der Waals surface area (Å²) in [4.78, 5) is 0.172. The van der Waals surface area contributed by atoms with Crippen molar-refractivity contribution in [3.05, 3.63) is 52.5 Å². The maximum atomic E-state index is 12.8. The molecule has 1 aliphatic rings. The number of sulfonamides is 1. The van der Waals surface area contributed by atoms with E-state index in [-0.39, 0.29) is 10.9 Å². The van der Waals surface area contributed by atoms with E-state index in [0.717, 1.165) is 35.7 Å². The Bertz CT molecular complexity index is 1000. The van der Waals surface area contributed by atoms with E-state index >= 15 is 0 Å². The fourth-order valence-electron chi connectivity index (χ4n) is 2.96. The van der Waals surface area contributed by atoms with Crippen molar-refractivity contribution in [3.8, 4) is 0 Å². The van der Waals surface area contributed by atoms with Crippen molar-refractivity contribution in [2.45, 2.75) is 23.8 Å². The lowest BCUT2D eigenvalue weighted by Gasteiger charge is -2.14. The number of aryl methyl sites for hydroxylation is 1. The van der Waals surface area contributed by atoms with Gasteiger partial charge in [-0.05, 0) is 48.2 Å². The molecule has 1 atom stereocenters. The van der Waals surface area contributed by atoms with Crippen molar-refractivity contribution in [3.63, 3.8) is 0 Å². The molecule has 0 fully saturated rings. The van der Waals surface area contributed by atoms with Crippen LogP contribution in [-0.4, -0.2) is 17.2 Å². The van der Waals surface area contributed by atoms with Crippen LogP contribution in [0.4, 0.5) is 0 Å².